The molecule has 0 aliphatic rings. The summed E-state index contributed by atoms with van der Waals surface area (Å²) in [7, 11) is 4.09. The molecule has 142 valence electrons. The molecule has 0 aliphatic heterocycles. The second-order valence-electron chi connectivity index (χ2n) is 6.77. The molecule has 0 spiro atoms. The normalized spacial score (nSPS) is 12.4. The molecule has 2 N–H and O–H groups in total. The van der Waals surface area contributed by atoms with E-state index in [1.54, 1.807) is 0 Å². The molecule has 0 aromatic heterocycles. The number of nitrogens with zero attached hydrogens (tertiary/aromatic N) is 2. The monoisotopic (exact) mass is 366 g/mol. The minimum atomic E-state index is 0.170. The van der Waals surface area contributed by atoms with Gasteiger partial charge in [-0.1, -0.05) is 18.2 Å². The molecule has 1 aromatic carbocycles. The molecule has 0 atom stereocenters. The maximum atomic E-state index is 5.92. The van der Waals surface area contributed by atoms with Crippen LogP contribution in [0.5, 0.6) is 5.75 Å². The van der Waals surface area contributed by atoms with Crippen LogP contribution in [0, 0.1) is 0 Å². The summed E-state index contributed by atoms with van der Waals surface area (Å²) in [4.78, 5) is 6.83. The first-order valence-corrected chi connectivity index (χ1v) is 10.0. The van der Waals surface area contributed by atoms with Crippen LogP contribution in [0.3, 0.4) is 0 Å². The quantitative estimate of drug-likeness (QED) is 0.493. The van der Waals surface area contributed by atoms with E-state index in [-0.39, 0.29) is 4.75 Å². The molecule has 0 aliphatic carbocycles. The largest absolute Gasteiger partial charge is 0.492 e. The fourth-order valence-electron chi connectivity index (χ4n) is 1.99. The minimum absolute atomic E-state index is 0.170. The second-order valence-corrected chi connectivity index (χ2v) is 8.29. The van der Waals surface area contributed by atoms with Gasteiger partial charge in [-0.2, -0.15) is 11.8 Å². The number of aliphatic imine (C=N–C) groups is 1. The number of benzene rings is 1. The number of thioether (sulfide) groups is 1. The van der Waals surface area contributed by atoms with Gasteiger partial charge in [-0.05, 0) is 47.2 Å². The van der Waals surface area contributed by atoms with Crippen LogP contribution in [-0.2, 0) is 6.54 Å². The first-order chi connectivity index (χ1) is 11.9. The Hall–Kier alpha value is -1.40. The number of likely N-dealkylation sites (N-methyl/N-ethyl adjacent to an activating group) is 1. The zero-order chi connectivity index (χ0) is 18.7. The van der Waals surface area contributed by atoms with E-state index in [0.717, 1.165) is 36.9 Å². The number of nitrogens with one attached hydrogen (secondary N) is 2. The van der Waals surface area contributed by atoms with Crippen molar-refractivity contribution >= 4 is 17.7 Å². The van der Waals surface area contributed by atoms with Gasteiger partial charge in [0.1, 0.15) is 12.4 Å². The number of para-hydroxylation sites is 1. The van der Waals surface area contributed by atoms with Crippen LogP contribution in [0.15, 0.2) is 29.3 Å². The van der Waals surface area contributed by atoms with Gasteiger partial charge in [0.25, 0.3) is 0 Å². The molecular formula is C19H34N4OS. The maximum Gasteiger partial charge on any atom is 0.191 e. The number of guanidine groups is 1. The Bertz CT molecular complexity index is 532. The molecule has 5 nitrogen and oxygen atoms in total. The molecule has 0 saturated heterocycles. The van der Waals surface area contributed by atoms with Crippen LogP contribution in [-0.4, -0.2) is 62.2 Å². The Labute approximate surface area is 157 Å². The van der Waals surface area contributed by atoms with Gasteiger partial charge in [0.05, 0.1) is 6.54 Å². The summed E-state index contributed by atoms with van der Waals surface area (Å²) in [6.07, 6.45) is 2.13. The van der Waals surface area contributed by atoms with E-state index in [9.17, 15) is 0 Å². The molecule has 0 radical (unpaired) electrons. The van der Waals surface area contributed by atoms with Gasteiger partial charge in [0.15, 0.2) is 5.96 Å². The SMILES string of the molecule is CCNC(=NCc1ccccc1OCCN(C)C)NCC(C)(C)SC. The minimum Gasteiger partial charge on any atom is -0.492 e. The van der Waals surface area contributed by atoms with E-state index in [0.29, 0.717) is 13.2 Å². The molecule has 6 heteroatoms. The highest BCUT2D eigenvalue weighted by Crippen LogP contribution is 2.20. The zero-order valence-corrected chi connectivity index (χ0v) is 17.4. The third kappa shape index (κ3) is 9.02. The van der Waals surface area contributed by atoms with Gasteiger partial charge < -0.3 is 20.3 Å². The predicted octanol–water partition coefficient (Wildman–Crippen LogP) is 2.82. The first-order valence-electron chi connectivity index (χ1n) is 8.80. The lowest BCUT2D eigenvalue weighted by atomic mass is 10.2. The fraction of sp³-hybridized carbons (Fsp3) is 0.632. The Kier molecular flexibility index (Phi) is 9.75. The first kappa shape index (κ1) is 21.6. The van der Waals surface area contributed by atoms with E-state index in [1.807, 2.05) is 44.1 Å². The van der Waals surface area contributed by atoms with E-state index in [1.165, 1.54) is 0 Å². The lowest BCUT2D eigenvalue weighted by Crippen LogP contribution is -2.43. The van der Waals surface area contributed by atoms with Gasteiger partial charge in [0, 0.05) is 29.9 Å². The van der Waals surface area contributed by atoms with Gasteiger partial charge in [0.2, 0.25) is 0 Å². The average molecular weight is 367 g/mol. The lowest BCUT2D eigenvalue weighted by molar-refractivity contribution is 0.259. The number of hydrogen-bond donors (Lipinski definition) is 2. The highest BCUT2D eigenvalue weighted by Gasteiger charge is 2.16. The highest BCUT2D eigenvalue weighted by atomic mass is 32.2. The van der Waals surface area contributed by atoms with E-state index in [4.69, 9.17) is 9.73 Å². The van der Waals surface area contributed by atoms with Crippen LogP contribution in [0.25, 0.3) is 0 Å². The molecule has 0 saturated carbocycles. The average Bonchev–Trinajstić information content (AvgIpc) is 2.58. The number of rotatable bonds is 10. The van der Waals surface area contributed by atoms with E-state index < -0.39 is 0 Å². The lowest BCUT2D eigenvalue weighted by Gasteiger charge is -2.23. The summed E-state index contributed by atoms with van der Waals surface area (Å²) >= 11 is 1.85. The van der Waals surface area contributed by atoms with E-state index in [2.05, 4.69) is 48.6 Å². The summed E-state index contributed by atoms with van der Waals surface area (Å²) < 4.78 is 6.09. The Balaban J connectivity index is 2.71. The zero-order valence-electron chi connectivity index (χ0n) is 16.6. The summed E-state index contributed by atoms with van der Waals surface area (Å²) in [6, 6.07) is 8.12. The Morgan fingerprint density at radius 3 is 2.60 bits per heavy atom. The van der Waals surface area contributed by atoms with Crippen LogP contribution < -0.4 is 15.4 Å². The molecule has 1 rings (SSSR count). The molecule has 25 heavy (non-hydrogen) atoms. The van der Waals surface area contributed by atoms with Crippen molar-refractivity contribution in [3.63, 3.8) is 0 Å². The van der Waals surface area contributed by atoms with Gasteiger partial charge in [-0.3, -0.25) is 0 Å². The van der Waals surface area contributed by atoms with Crippen molar-refractivity contribution in [3.05, 3.63) is 29.8 Å². The van der Waals surface area contributed by atoms with Crippen molar-refractivity contribution in [2.45, 2.75) is 32.1 Å². The third-order valence-electron chi connectivity index (χ3n) is 3.75. The van der Waals surface area contributed by atoms with Crippen molar-refractivity contribution in [1.82, 2.24) is 15.5 Å². The molecular weight excluding hydrogens is 332 g/mol. The highest BCUT2D eigenvalue weighted by molar-refractivity contribution is 7.99. The van der Waals surface area contributed by atoms with Crippen LogP contribution in [0.2, 0.25) is 0 Å². The van der Waals surface area contributed by atoms with Crippen LogP contribution in [0.1, 0.15) is 26.3 Å². The number of ether oxygens (including phenoxy) is 1. The van der Waals surface area contributed by atoms with Crippen molar-refractivity contribution in [2.75, 3.05) is 46.6 Å². The molecule has 1 aromatic rings. The topological polar surface area (TPSA) is 48.9 Å². The van der Waals surface area contributed by atoms with E-state index >= 15 is 0 Å². The molecule has 0 amide bonds. The van der Waals surface area contributed by atoms with Gasteiger partial charge in [-0.25, -0.2) is 4.99 Å². The van der Waals surface area contributed by atoms with Crippen molar-refractivity contribution in [2.24, 2.45) is 4.99 Å². The van der Waals surface area contributed by atoms with Crippen molar-refractivity contribution < 1.29 is 4.74 Å². The summed E-state index contributed by atoms with van der Waals surface area (Å²) in [5.74, 6) is 1.75. The third-order valence-corrected chi connectivity index (χ3v) is 5.00. The summed E-state index contributed by atoms with van der Waals surface area (Å²) in [6.45, 7) is 10.4. The van der Waals surface area contributed by atoms with Crippen molar-refractivity contribution in [1.29, 1.82) is 0 Å². The summed E-state index contributed by atoms with van der Waals surface area (Å²) in [5.41, 5.74) is 1.10. The van der Waals surface area contributed by atoms with Gasteiger partial charge >= 0.3 is 0 Å². The Morgan fingerprint density at radius 2 is 1.96 bits per heavy atom. The standard InChI is InChI=1S/C19H34N4OS/c1-7-20-18(22-15-19(2,3)25-6)21-14-16-10-8-9-11-17(16)24-13-12-23(4)5/h8-11H,7,12-15H2,1-6H3,(H2,20,21,22). The molecule has 0 heterocycles. The molecule has 0 bridgehead atoms. The molecule has 0 unspecified atom stereocenters. The summed E-state index contributed by atoms with van der Waals surface area (Å²) in [5, 5.41) is 6.74. The molecule has 0 fully saturated rings. The Morgan fingerprint density at radius 1 is 1.24 bits per heavy atom. The second kappa shape index (κ2) is 11.3. The van der Waals surface area contributed by atoms with Crippen LogP contribution >= 0.6 is 11.8 Å². The smallest absolute Gasteiger partial charge is 0.191 e. The fourth-order valence-corrected chi connectivity index (χ4v) is 2.20. The number of hydrogen-bond acceptors (Lipinski definition) is 4. The van der Waals surface area contributed by atoms with Crippen molar-refractivity contribution in [3.8, 4) is 5.75 Å². The van der Waals surface area contributed by atoms with Crippen LogP contribution in [0.4, 0.5) is 0 Å². The predicted molar refractivity (Wildman–Crippen MR) is 111 cm³/mol. The maximum absolute atomic E-state index is 5.92. The van der Waals surface area contributed by atoms with Gasteiger partial charge in [-0.15, -0.1) is 0 Å².